The summed E-state index contributed by atoms with van der Waals surface area (Å²) in [7, 11) is 0. The number of nitrogens with one attached hydrogen (secondary N) is 1. The third-order valence-corrected chi connectivity index (χ3v) is 3.37. The Balaban J connectivity index is 1.83. The van der Waals surface area contributed by atoms with Crippen LogP contribution in [0.1, 0.15) is 32.6 Å². The monoisotopic (exact) mass is 277 g/mol. The van der Waals surface area contributed by atoms with Gasteiger partial charge < -0.3 is 15.0 Å². The fourth-order valence-electron chi connectivity index (χ4n) is 2.20. The van der Waals surface area contributed by atoms with Crippen molar-refractivity contribution in [3.63, 3.8) is 0 Å². The Morgan fingerprint density at radius 1 is 1.35 bits per heavy atom. The minimum atomic E-state index is 0.0689. The molecule has 1 aliphatic heterocycles. The Bertz CT molecular complexity index is 414. The van der Waals surface area contributed by atoms with Crippen molar-refractivity contribution in [2.75, 3.05) is 36.5 Å². The Hall–Kier alpha value is -1.62. The lowest BCUT2D eigenvalue weighted by Crippen LogP contribution is -2.36. The predicted molar refractivity (Wildman–Crippen MR) is 80.0 cm³/mol. The number of hydrogen-bond acceptors (Lipinski definition) is 4. The van der Waals surface area contributed by atoms with Crippen LogP contribution < -0.4 is 10.2 Å². The number of ether oxygens (including phenoxy) is 1. The number of aromatic nitrogens is 1. The van der Waals surface area contributed by atoms with E-state index < -0.39 is 0 Å². The zero-order valence-corrected chi connectivity index (χ0v) is 12.1. The molecular weight excluding hydrogens is 254 g/mol. The van der Waals surface area contributed by atoms with Gasteiger partial charge in [0, 0.05) is 19.5 Å². The molecule has 0 aliphatic carbocycles. The van der Waals surface area contributed by atoms with Crippen LogP contribution in [0.3, 0.4) is 0 Å². The highest BCUT2D eigenvalue weighted by Gasteiger charge is 2.12. The molecule has 20 heavy (non-hydrogen) atoms. The van der Waals surface area contributed by atoms with E-state index in [9.17, 15) is 4.79 Å². The molecule has 0 saturated carbocycles. The summed E-state index contributed by atoms with van der Waals surface area (Å²) < 4.78 is 5.32. The smallest absolute Gasteiger partial charge is 0.224 e. The molecule has 0 aromatic carbocycles. The van der Waals surface area contributed by atoms with E-state index in [1.54, 1.807) is 6.20 Å². The Labute approximate surface area is 120 Å². The molecular formula is C15H23N3O2. The number of anilines is 2. The fraction of sp³-hybridized carbons (Fsp3) is 0.600. The highest BCUT2D eigenvalue weighted by Crippen LogP contribution is 2.15. The molecule has 1 fully saturated rings. The van der Waals surface area contributed by atoms with Gasteiger partial charge in [-0.05, 0) is 18.6 Å². The third kappa shape index (κ3) is 4.49. The van der Waals surface area contributed by atoms with Gasteiger partial charge in [-0.3, -0.25) is 4.79 Å². The van der Waals surface area contributed by atoms with Crippen LogP contribution in [-0.4, -0.2) is 37.2 Å². The number of carbonyl (C=O) groups excluding carboxylic acids is 1. The average Bonchev–Trinajstić information content (AvgIpc) is 2.49. The number of nitrogens with zero attached hydrogens (tertiary/aromatic N) is 2. The zero-order valence-electron chi connectivity index (χ0n) is 12.1. The number of unbranched alkanes of at least 4 members (excludes halogenated alkanes) is 2. The molecule has 1 amide bonds. The molecule has 1 aromatic heterocycles. The van der Waals surface area contributed by atoms with Crippen LogP contribution in [-0.2, 0) is 9.53 Å². The molecule has 1 aromatic rings. The summed E-state index contributed by atoms with van der Waals surface area (Å²) in [5, 5.41) is 2.89. The van der Waals surface area contributed by atoms with Crippen molar-refractivity contribution in [3.8, 4) is 0 Å². The van der Waals surface area contributed by atoms with E-state index in [1.165, 1.54) is 0 Å². The maximum Gasteiger partial charge on any atom is 0.224 e. The Morgan fingerprint density at radius 2 is 2.15 bits per heavy atom. The number of hydrogen-bond donors (Lipinski definition) is 1. The van der Waals surface area contributed by atoms with Gasteiger partial charge in [0.05, 0.1) is 25.1 Å². The van der Waals surface area contributed by atoms with Gasteiger partial charge in [0.1, 0.15) is 5.82 Å². The second kappa shape index (κ2) is 7.85. The van der Waals surface area contributed by atoms with Crippen LogP contribution in [0.15, 0.2) is 18.3 Å². The first kappa shape index (κ1) is 14.8. The predicted octanol–water partition coefficient (Wildman–Crippen LogP) is 2.44. The average molecular weight is 277 g/mol. The van der Waals surface area contributed by atoms with Gasteiger partial charge >= 0.3 is 0 Å². The molecule has 110 valence electrons. The highest BCUT2D eigenvalue weighted by molar-refractivity contribution is 5.90. The first-order chi connectivity index (χ1) is 9.79. The van der Waals surface area contributed by atoms with Crippen molar-refractivity contribution in [1.82, 2.24) is 4.98 Å². The van der Waals surface area contributed by atoms with Gasteiger partial charge in [0.2, 0.25) is 5.91 Å². The molecule has 2 rings (SSSR count). The van der Waals surface area contributed by atoms with E-state index in [0.29, 0.717) is 6.42 Å². The number of amides is 1. The molecule has 0 spiro atoms. The Kier molecular flexibility index (Phi) is 5.80. The fourth-order valence-corrected chi connectivity index (χ4v) is 2.20. The second-order valence-corrected chi connectivity index (χ2v) is 5.01. The van der Waals surface area contributed by atoms with Gasteiger partial charge in [0.25, 0.3) is 0 Å². The molecule has 1 N–H and O–H groups in total. The van der Waals surface area contributed by atoms with E-state index in [4.69, 9.17) is 4.74 Å². The third-order valence-electron chi connectivity index (χ3n) is 3.37. The van der Waals surface area contributed by atoms with Crippen molar-refractivity contribution in [3.05, 3.63) is 18.3 Å². The molecule has 1 saturated heterocycles. The van der Waals surface area contributed by atoms with Crippen molar-refractivity contribution in [2.45, 2.75) is 32.6 Å². The molecule has 5 heteroatoms. The molecule has 1 aliphatic rings. The number of rotatable bonds is 6. The summed E-state index contributed by atoms with van der Waals surface area (Å²) in [4.78, 5) is 18.3. The highest BCUT2D eigenvalue weighted by atomic mass is 16.5. The number of pyridine rings is 1. The van der Waals surface area contributed by atoms with Gasteiger partial charge in [-0.1, -0.05) is 19.8 Å². The van der Waals surface area contributed by atoms with Gasteiger partial charge in [-0.25, -0.2) is 4.98 Å². The lowest BCUT2D eigenvalue weighted by Gasteiger charge is -2.27. The largest absolute Gasteiger partial charge is 0.378 e. The SMILES string of the molecule is CCCCCC(=O)Nc1ccc(N2CCOCC2)nc1. The van der Waals surface area contributed by atoms with Gasteiger partial charge in [0.15, 0.2) is 0 Å². The lowest BCUT2D eigenvalue weighted by atomic mass is 10.2. The minimum Gasteiger partial charge on any atom is -0.378 e. The van der Waals surface area contributed by atoms with E-state index >= 15 is 0 Å². The summed E-state index contributed by atoms with van der Waals surface area (Å²) in [6.07, 6.45) is 5.48. The van der Waals surface area contributed by atoms with Crippen molar-refractivity contribution >= 4 is 17.4 Å². The van der Waals surface area contributed by atoms with E-state index in [-0.39, 0.29) is 5.91 Å². The summed E-state index contributed by atoms with van der Waals surface area (Å²) in [5.74, 6) is 1.01. The van der Waals surface area contributed by atoms with Crippen LogP contribution in [0.2, 0.25) is 0 Å². The Morgan fingerprint density at radius 3 is 2.80 bits per heavy atom. The second-order valence-electron chi connectivity index (χ2n) is 5.01. The van der Waals surface area contributed by atoms with Crippen LogP contribution in [0.4, 0.5) is 11.5 Å². The maximum absolute atomic E-state index is 11.7. The number of morpholine rings is 1. The first-order valence-corrected chi connectivity index (χ1v) is 7.38. The summed E-state index contributed by atoms with van der Waals surface area (Å²) >= 11 is 0. The summed E-state index contributed by atoms with van der Waals surface area (Å²) in [6.45, 7) is 5.37. The minimum absolute atomic E-state index is 0.0689. The lowest BCUT2D eigenvalue weighted by molar-refractivity contribution is -0.116. The van der Waals surface area contributed by atoms with Crippen molar-refractivity contribution in [1.29, 1.82) is 0 Å². The molecule has 0 atom stereocenters. The normalized spacial score (nSPS) is 15.2. The molecule has 0 radical (unpaired) electrons. The van der Waals surface area contributed by atoms with Crippen LogP contribution in [0, 0.1) is 0 Å². The van der Waals surface area contributed by atoms with Crippen molar-refractivity contribution < 1.29 is 9.53 Å². The van der Waals surface area contributed by atoms with E-state index in [2.05, 4.69) is 22.1 Å². The van der Waals surface area contributed by atoms with E-state index in [1.807, 2.05) is 12.1 Å². The molecule has 0 unspecified atom stereocenters. The molecule has 2 heterocycles. The van der Waals surface area contributed by atoms with Gasteiger partial charge in [-0.15, -0.1) is 0 Å². The van der Waals surface area contributed by atoms with Gasteiger partial charge in [-0.2, -0.15) is 0 Å². The zero-order chi connectivity index (χ0) is 14.2. The molecule has 5 nitrogen and oxygen atoms in total. The number of carbonyl (C=O) groups is 1. The first-order valence-electron chi connectivity index (χ1n) is 7.38. The van der Waals surface area contributed by atoms with Crippen molar-refractivity contribution in [2.24, 2.45) is 0 Å². The standard InChI is InChI=1S/C15H23N3O2/c1-2-3-4-5-15(19)17-13-6-7-14(16-12-13)18-8-10-20-11-9-18/h6-7,12H,2-5,8-11H2,1H3,(H,17,19). The quantitative estimate of drug-likeness (QED) is 0.811. The molecule has 0 bridgehead atoms. The topological polar surface area (TPSA) is 54.5 Å². The van der Waals surface area contributed by atoms with Crippen LogP contribution in [0.25, 0.3) is 0 Å². The van der Waals surface area contributed by atoms with Crippen LogP contribution >= 0.6 is 0 Å². The van der Waals surface area contributed by atoms with Crippen LogP contribution in [0.5, 0.6) is 0 Å². The summed E-state index contributed by atoms with van der Waals surface area (Å²) in [6, 6.07) is 3.86. The van der Waals surface area contributed by atoms with E-state index in [0.717, 1.165) is 57.1 Å². The maximum atomic E-state index is 11.7. The summed E-state index contributed by atoms with van der Waals surface area (Å²) in [5.41, 5.74) is 0.767.